The molecular formula is C25H25N3O. The van der Waals surface area contributed by atoms with E-state index in [-0.39, 0.29) is 11.0 Å². The summed E-state index contributed by atoms with van der Waals surface area (Å²) in [6, 6.07) is 14.4. The minimum atomic E-state index is -0.112. The molecule has 4 heteroatoms. The Morgan fingerprint density at radius 1 is 1.10 bits per heavy atom. The first-order chi connectivity index (χ1) is 14.0. The minimum absolute atomic E-state index is 0.0162. The average Bonchev–Trinajstić information content (AvgIpc) is 3.41. The van der Waals surface area contributed by atoms with E-state index >= 15 is 0 Å². The van der Waals surface area contributed by atoms with Crippen LogP contribution in [0.25, 0.3) is 11.3 Å². The fourth-order valence-corrected chi connectivity index (χ4v) is 4.48. The van der Waals surface area contributed by atoms with Gasteiger partial charge in [-0.3, -0.25) is 4.79 Å². The van der Waals surface area contributed by atoms with Crippen LogP contribution in [0.15, 0.2) is 65.7 Å². The Morgan fingerprint density at radius 2 is 1.93 bits per heavy atom. The highest BCUT2D eigenvalue weighted by Gasteiger charge is 2.47. The number of hydrogen-bond acceptors (Lipinski definition) is 3. The van der Waals surface area contributed by atoms with Gasteiger partial charge in [0.05, 0.1) is 5.69 Å². The molecule has 0 spiro atoms. The van der Waals surface area contributed by atoms with E-state index in [2.05, 4.69) is 41.1 Å². The Labute approximate surface area is 170 Å². The molecule has 1 saturated carbocycles. The predicted octanol–water partition coefficient (Wildman–Crippen LogP) is 4.89. The zero-order valence-corrected chi connectivity index (χ0v) is 16.7. The second-order valence-corrected chi connectivity index (χ2v) is 8.33. The third-order valence-electron chi connectivity index (χ3n) is 6.41. The summed E-state index contributed by atoms with van der Waals surface area (Å²) in [6.07, 6.45) is 7.63. The second kappa shape index (κ2) is 6.73. The van der Waals surface area contributed by atoms with E-state index in [1.807, 2.05) is 13.0 Å². The zero-order valence-electron chi connectivity index (χ0n) is 16.7. The summed E-state index contributed by atoms with van der Waals surface area (Å²) >= 11 is 0. The molecule has 2 aromatic heterocycles. The van der Waals surface area contributed by atoms with Gasteiger partial charge in [-0.2, -0.15) is 0 Å². The SMILES string of the molecule is C=C(Nc1ccc(C)c(-c2ccc(=O)[nH]c2)n1)C1(c2ccc3c(c2)CCC3)CC1. The van der Waals surface area contributed by atoms with Crippen molar-refractivity contribution >= 4 is 5.82 Å². The second-order valence-electron chi connectivity index (χ2n) is 8.33. The lowest BCUT2D eigenvalue weighted by molar-refractivity contribution is 0.825. The van der Waals surface area contributed by atoms with Crippen LogP contribution in [0, 0.1) is 6.92 Å². The number of hydrogen-bond donors (Lipinski definition) is 2. The lowest BCUT2D eigenvalue weighted by atomic mass is 9.90. The molecule has 1 aromatic carbocycles. The maximum Gasteiger partial charge on any atom is 0.247 e. The summed E-state index contributed by atoms with van der Waals surface area (Å²) in [6.45, 7) is 6.42. The van der Waals surface area contributed by atoms with E-state index in [0.717, 1.165) is 41.2 Å². The van der Waals surface area contributed by atoms with Crippen LogP contribution in [0.2, 0.25) is 0 Å². The predicted molar refractivity (Wildman–Crippen MR) is 117 cm³/mol. The molecule has 3 aromatic rings. The van der Waals surface area contributed by atoms with E-state index in [1.54, 1.807) is 12.3 Å². The third kappa shape index (κ3) is 3.19. The van der Waals surface area contributed by atoms with E-state index in [1.165, 1.54) is 42.0 Å². The number of pyridine rings is 2. The monoisotopic (exact) mass is 383 g/mol. The Bertz CT molecular complexity index is 1150. The van der Waals surface area contributed by atoms with Crippen molar-refractivity contribution in [3.05, 3.63) is 93.5 Å². The van der Waals surface area contributed by atoms with Crippen molar-refractivity contribution < 1.29 is 0 Å². The fraction of sp³-hybridized carbons (Fsp3) is 0.280. The van der Waals surface area contributed by atoms with Crippen LogP contribution in [-0.4, -0.2) is 9.97 Å². The molecule has 0 bridgehead atoms. The van der Waals surface area contributed by atoms with E-state index in [0.29, 0.717) is 0 Å². The van der Waals surface area contributed by atoms with Gasteiger partial charge in [0.1, 0.15) is 5.82 Å². The van der Waals surface area contributed by atoms with Crippen molar-refractivity contribution in [2.24, 2.45) is 0 Å². The van der Waals surface area contributed by atoms with E-state index < -0.39 is 0 Å². The average molecular weight is 383 g/mol. The van der Waals surface area contributed by atoms with Gasteiger partial charge in [-0.25, -0.2) is 4.98 Å². The van der Waals surface area contributed by atoms with E-state index in [9.17, 15) is 4.79 Å². The maximum absolute atomic E-state index is 11.4. The molecule has 2 heterocycles. The molecule has 0 radical (unpaired) electrons. The summed E-state index contributed by atoms with van der Waals surface area (Å²) in [5.41, 5.74) is 8.14. The van der Waals surface area contributed by atoms with Gasteiger partial charge < -0.3 is 10.3 Å². The van der Waals surface area contributed by atoms with Crippen LogP contribution in [0.3, 0.4) is 0 Å². The van der Waals surface area contributed by atoms with Gasteiger partial charge >= 0.3 is 0 Å². The molecule has 2 aliphatic carbocycles. The van der Waals surface area contributed by atoms with Gasteiger partial charge in [0.25, 0.3) is 0 Å². The summed E-state index contributed by atoms with van der Waals surface area (Å²) in [5.74, 6) is 0.786. The Morgan fingerprint density at radius 3 is 2.69 bits per heavy atom. The Kier molecular flexibility index (Phi) is 4.16. The molecule has 0 aliphatic heterocycles. The fourth-order valence-electron chi connectivity index (χ4n) is 4.48. The number of aromatic amines is 1. The van der Waals surface area contributed by atoms with Gasteiger partial charge in [0.15, 0.2) is 0 Å². The van der Waals surface area contributed by atoms with Crippen LogP contribution < -0.4 is 10.9 Å². The summed E-state index contributed by atoms with van der Waals surface area (Å²) in [4.78, 5) is 18.9. The van der Waals surface area contributed by atoms with Gasteiger partial charge in [-0.1, -0.05) is 30.8 Å². The number of rotatable bonds is 5. The van der Waals surface area contributed by atoms with Crippen molar-refractivity contribution in [3.63, 3.8) is 0 Å². The first-order valence-electron chi connectivity index (χ1n) is 10.3. The maximum atomic E-state index is 11.4. The molecule has 1 fully saturated rings. The van der Waals surface area contributed by atoms with Crippen LogP contribution >= 0.6 is 0 Å². The van der Waals surface area contributed by atoms with Crippen LogP contribution in [0.5, 0.6) is 0 Å². The summed E-state index contributed by atoms with van der Waals surface area (Å²) in [5, 5.41) is 3.48. The largest absolute Gasteiger partial charge is 0.343 e. The standard InChI is InChI=1S/C25H25N3O/c1-16-6-10-22(28-24(16)20-8-11-23(29)26-15-20)27-17(2)25(12-13-25)21-9-7-18-4-3-5-19(18)14-21/h6-11,14-15H,2-5,12-13H2,1H3,(H,26,29)(H,27,28). The molecule has 0 amide bonds. The molecule has 0 atom stereocenters. The van der Waals surface area contributed by atoms with Crippen molar-refractivity contribution in [2.75, 3.05) is 5.32 Å². The van der Waals surface area contributed by atoms with Crippen molar-refractivity contribution in [3.8, 4) is 11.3 Å². The van der Waals surface area contributed by atoms with Crippen LogP contribution in [0.1, 0.15) is 41.5 Å². The molecular weight excluding hydrogens is 358 g/mol. The quantitative estimate of drug-likeness (QED) is 0.659. The number of nitrogens with zero attached hydrogens (tertiary/aromatic N) is 1. The number of allylic oxidation sites excluding steroid dienone is 1. The number of nitrogens with one attached hydrogen (secondary N) is 2. The highest BCUT2D eigenvalue weighted by molar-refractivity contribution is 5.65. The Hall–Kier alpha value is -3.14. The van der Waals surface area contributed by atoms with Crippen molar-refractivity contribution in [2.45, 2.75) is 44.4 Å². The van der Waals surface area contributed by atoms with Gasteiger partial charge in [0, 0.05) is 28.9 Å². The first-order valence-corrected chi connectivity index (χ1v) is 10.3. The van der Waals surface area contributed by atoms with Crippen LogP contribution in [-0.2, 0) is 18.3 Å². The number of H-pyrrole nitrogens is 1. The topological polar surface area (TPSA) is 57.8 Å². The Balaban J connectivity index is 1.41. The molecule has 2 aliphatic rings. The number of anilines is 1. The minimum Gasteiger partial charge on any atom is -0.343 e. The zero-order chi connectivity index (χ0) is 20.0. The van der Waals surface area contributed by atoms with Crippen molar-refractivity contribution in [1.82, 2.24) is 9.97 Å². The van der Waals surface area contributed by atoms with Gasteiger partial charge in [-0.05, 0) is 73.4 Å². The highest BCUT2D eigenvalue weighted by Crippen LogP contribution is 2.53. The normalized spacial score (nSPS) is 16.3. The van der Waals surface area contributed by atoms with Crippen molar-refractivity contribution in [1.29, 1.82) is 0 Å². The smallest absolute Gasteiger partial charge is 0.247 e. The number of aryl methyl sites for hydroxylation is 3. The molecule has 0 saturated heterocycles. The van der Waals surface area contributed by atoms with Gasteiger partial charge in [-0.15, -0.1) is 0 Å². The molecule has 5 rings (SSSR count). The summed E-state index contributed by atoms with van der Waals surface area (Å²) < 4.78 is 0. The molecule has 4 nitrogen and oxygen atoms in total. The molecule has 29 heavy (non-hydrogen) atoms. The highest BCUT2D eigenvalue weighted by atomic mass is 16.1. The summed E-state index contributed by atoms with van der Waals surface area (Å²) in [7, 11) is 0. The van der Waals surface area contributed by atoms with E-state index in [4.69, 9.17) is 4.98 Å². The molecule has 2 N–H and O–H groups in total. The number of aromatic nitrogens is 2. The molecule has 146 valence electrons. The third-order valence-corrected chi connectivity index (χ3v) is 6.41. The lowest BCUT2D eigenvalue weighted by Gasteiger charge is -2.21. The number of benzene rings is 1. The lowest BCUT2D eigenvalue weighted by Crippen LogP contribution is -2.17. The first kappa shape index (κ1) is 17.9. The van der Waals surface area contributed by atoms with Gasteiger partial charge in [0.2, 0.25) is 5.56 Å². The molecule has 0 unspecified atom stereocenters. The number of fused-ring (bicyclic) bond motifs is 1. The van der Waals surface area contributed by atoms with Crippen LogP contribution in [0.4, 0.5) is 5.82 Å².